The zero-order valence-corrected chi connectivity index (χ0v) is 11.3. The molecule has 0 aliphatic carbocycles. The Morgan fingerprint density at radius 3 is 2.80 bits per heavy atom. The van der Waals surface area contributed by atoms with Crippen LogP contribution in [0.4, 0.5) is 0 Å². The molecule has 0 radical (unpaired) electrons. The van der Waals surface area contributed by atoms with Crippen molar-refractivity contribution in [3.8, 4) is 0 Å². The molecule has 106 valence electrons. The number of hydrogen-bond acceptors (Lipinski definition) is 5. The quantitative estimate of drug-likeness (QED) is 0.872. The van der Waals surface area contributed by atoms with E-state index >= 15 is 0 Å². The molecule has 0 atom stereocenters. The smallest absolute Gasteiger partial charge is 0.348 e. The highest BCUT2D eigenvalue weighted by molar-refractivity contribution is 5.67. The topological polar surface area (TPSA) is 98.2 Å². The van der Waals surface area contributed by atoms with E-state index in [1.165, 1.54) is 10.8 Å². The Morgan fingerprint density at radius 2 is 2.20 bits per heavy atom. The van der Waals surface area contributed by atoms with E-state index in [-0.39, 0.29) is 18.7 Å². The summed E-state index contributed by atoms with van der Waals surface area (Å²) in [7, 11) is 0. The number of carboxylic acids is 1. The monoisotopic (exact) mass is 277 g/mol. The first-order chi connectivity index (χ1) is 9.49. The normalized spacial score (nSPS) is 10.7. The molecule has 0 amide bonds. The average Bonchev–Trinajstić information content (AvgIpc) is 2.86. The fourth-order valence-corrected chi connectivity index (χ4v) is 2.10. The first-order valence-electron chi connectivity index (χ1n) is 6.17. The van der Waals surface area contributed by atoms with Gasteiger partial charge in [-0.15, -0.1) is 0 Å². The minimum atomic E-state index is -0.878. The molecule has 0 aromatic carbocycles. The fourth-order valence-electron chi connectivity index (χ4n) is 2.10. The maximum atomic E-state index is 12.0. The van der Waals surface area contributed by atoms with Crippen LogP contribution in [0.15, 0.2) is 21.6 Å². The van der Waals surface area contributed by atoms with Gasteiger partial charge in [0.25, 0.3) is 0 Å². The lowest BCUT2D eigenvalue weighted by Crippen LogP contribution is -2.28. The summed E-state index contributed by atoms with van der Waals surface area (Å²) < 4.78 is 6.45. The van der Waals surface area contributed by atoms with Gasteiger partial charge in [0.15, 0.2) is 5.76 Å². The van der Waals surface area contributed by atoms with Gasteiger partial charge in [-0.3, -0.25) is 9.36 Å². The molecule has 0 bridgehead atoms. The number of hydrogen-bond donors (Lipinski definition) is 1. The third kappa shape index (κ3) is 2.93. The lowest BCUT2D eigenvalue weighted by Gasteiger charge is -2.13. The third-order valence-corrected chi connectivity index (χ3v) is 3.17. The van der Waals surface area contributed by atoms with Gasteiger partial charge in [-0.1, -0.05) is 5.16 Å². The van der Waals surface area contributed by atoms with Gasteiger partial charge in [-0.2, -0.15) is 4.98 Å². The maximum Gasteiger partial charge on any atom is 0.348 e. The number of carbonyl (C=O) groups is 1. The molecule has 0 saturated carbocycles. The van der Waals surface area contributed by atoms with E-state index in [0.717, 1.165) is 5.56 Å². The van der Waals surface area contributed by atoms with Crippen molar-refractivity contribution >= 4 is 5.97 Å². The van der Waals surface area contributed by atoms with Crippen molar-refractivity contribution in [2.75, 3.05) is 0 Å². The summed E-state index contributed by atoms with van der Waals surface area (Å²) >= 11 is 0. The van der Waals surface area contributed by atoms with Gasteiger partial charge in [0.2, 0.25) is 0 Å². The molecule has 0 unspecified atom stereocenters. The number of aryl methyl sites for hydroxylation is 1. The molecule has 1 N–H and O–H groups in total. The van der Waals surface area contributed by atoms with Crippen molar-refractivity contribution < 1.29 is 14.4 Å². The van der Waals surface area contributed by atoms with Crippen LogP contribution in [0.1, 0.15) is 29.1 Å². The molecule has 2 aromatic heterocycles. The van der Waals surface area contributed by atoms with Crippen LogP contribution in [0.5, 0.6) is 0 Å². The molecule has 20 heavy (non-hydrogen) atoms. The summed E-state index contributed by atoms with van der Waals surface area (Å²) in [6.45, 7) is 3.73. The Morgan fingerprint density at radius 1 is 1.45 bits per heavy atom. The highest BCUT2D eigenvalue weighted by Gasteiger charge is 2.13. The van der Waals surface area contributed by atoms with Crippen LogP contribution < -0.4 is 5.69 Å². The van der Waals surface area contributed by atoms with E-state index < -0.39 is 5.97 Å². The van der Waals surface area contributed by atoms with E-state index in [2.05, 4.69) is 10.1 Å². The first kappa shape index (κ1) is 14.0. The molecule has 0 saturated heterocycles. The van der Waals surface area contributed by atoms with Crippen molar-refractivity contribution in [1.29, 1.82) is 0 Å². The molecule has 7 nitrogen and oxygen atoms in total. The summed E-state index contributed by atoms with van der Waals surface area (Å²) in [6, 6.07) is 1.67. The van der Waals surface area contributed by atoms with Gasteiger partial charge < -0.3 is 9.63 Å². The Labute approximate surface area is 114 Å². The standard InChI is InChI=1S/C13H15N3O4/c1-8-11(3-4-12(17)18)9(2)16(13(19)15-8)7-10-5-6-14-20-10/h5-6H,3-4,7H2,1-2H3,(H,17,18). The summed E-state index contributed by atoms with van der Waals surface area (Å²) in [5.74, 6) is -0.332. The predicted octanol–water partition coefficient (Wildman–Crippen LogP) is 0.914. The average molecular weight is 277 g/mol. The number of nitrogens with zero attached hydrogens (tertiary/aromatic N) is 3. The van der Waals surface area contributed by atoms with Gasteiger partial charge in [-0.25, -0.2) is 4.79 Å². The molecule has 0 aliphatic rings. The van der Waals surface area contributed by atoms with Crippen molar-refractivity contribution in [2.24, 2.45) is 0 Å². The maximum absolute atomic E-state index is 12.0. The SMILES string of the molecule is Cc1nc(=O)n(Cc2ccno2)c(C)c1CCC(=O)O. The second kappa shape index (κ2) is 5.68. The number of carboxylic acid groups (broad SMARTS) is 1. The largest absolute Gasteiger partial charge is 0.481 e. The Hall–Kier alpha value is -2.44. The number of aromatic nitrogens is 3. The van der Waals surface area contributed by atoms with E-state index in [1.807, 2.05) is 0 Å². The zero-order valence-electron chi connectivity index (χ0n) is 11.3. The molecular formula is C13H15N3O4. The summed E-state index contributed by atoms with van der Waals surface area (Å²) in [4.78, 5) is 26.6. The van der Waals surface area contributed by atoms with Crippen molar-refractivity contribution in [1.82, 2.24) is 14.7 Å². The second-order valence-electron chi connectivity index (χ2n) is 4.50. The molecule has 0 spiro atoms. The van der Waals surface area contributed by atoms with Crippen LogP contribution in [-0.2, 0) is 17.8 Å². The van der Waals surface area contributed by atoms with Gasteiger partial charge in [0, 0.05) is 23.9 Å². The van der Waals surface area contributed by atoms with E-state index in [1.54, 1.807) is 19.9 Å². The van der Waals surface area contributed by atoms with Crippen molar-refractivity contribution in [3.63, 3.8) is 0 Å². The highest BCUT2D eigenvalue weighted by Crippen LogP contribution is 2.13. The Kier molecular flexibility index (Phi) is 3.97. The van der Waals surface area contributed by atoms with E-state index in [0.29, 0.717) is 23.6 Å². The summed E-state index contributed by atoms with van der Waals surface area (Å²) in [5.41, 5.74) is 1.68. The summed E-state index contributed by atoms with van der Waals surface area (Å²) in [6.07, 6.45) is 1.85. The van der Waals surface area contributed by atoms with Gasteiger partial charge in [0.05, 0.1) is 12.7 Å². The molecular weight excluding hydrogens is 262 g/mol. The number of rotatable bonds is 5. The van der Waals surface area contributed by atoms with Crippen molar-refractivity contribution in [2.45, 2.75) is 33.2 Å². The minimum Gasteiger partial charge on any atom is -0.481 e. The Bertz CT molecular complexity index is 674. The lowest BCUT2D eigenvalue weighted by molar-refractivity contribution is -0.136. The fraction of sp³-hybridized carbons (Fsp3) is 0.385. The third-order valence-electron chi connectivity index (χ3n) is 3.17. The van der Waals surface area contributed by atoms with E-state index in [9.17, 15) is 9.59 Å². The summed E-state index contributed by atoms with van der Waals surface area (Å²) in [5, 5.41) is 12.4. The number of aliphatic carboxylic acids is 1. The van der Waals surface area contributed by atoms with Crippen LogP contribution >= 0.6 is 0 Å². The van der Waals surface area contributed by atoms with Gasteiger partial charge in [-0.05, 0) is 25.8 Å². The van der Waals surface area contributed by atoms with Crippen LogP contribution in [0, 0.1) is 13.8 Å². The Balaban J connectivity index is 2.38. The van der Waals surface area contributed by atoms with Crippen LogP contribution in [-0.4, -0.2) is 25.8 Å². The lowest BCUT2D eigenvalue weighted by atomic mass is 10.1. The second-order valence-corrected chi connectivity index (χ2v) is 4.50. The molecule has 2 aromatic rings. The van der Waals surface area contributed by atoms with Crippen LogP contribution in [0.3, 0.4) is 0 Å². The predicted molar refractivity (Wildman–Crippen MR) is 69.5 cm³/mol. The van der Waals surface area contributed by atoms with Crippen LogP contribution in [0.2, 0.25) is 0 Å². The van der Waals surface area contributed by atoms with Crippen LogP contribution in [0.25, 0.3) is 0 Å². The molecule has 0 fully saturated rings. The minimum absolute atomic E-state index is 0.00384. The van der Waals surface area contributed by atoms with E-state index in [4.69, 9.17) is 9.63 Å². The first-order valence-corrected chi connectivity index (χ1v) is 6.17. The molecule has 2 heterocycles. The molecule has 7 heteroatoms. The molecule has 0 aliphatic heterocycles. The van der Waals surface area contributed by atoms with Gasteiger partial charge in [0.1, 0.15) is 0 Å². The van der Waals surface area contributed by atoms with Crippen molar-refractivity contribution in [3.05, 3.63) is 45.5 Å². The van der Waals surface area contributed by atoms with Gasteiger partial charge >= 0.3 is 11.7 Å². The zero-order chi connectivity index (χ0) is 14.7. The molecule has 2 rings (SSSR count). The highest BCUT2D eigenvalue weighted by atomic mass is 16.5.